The minimum Gasteiger partial charge on any atom is -0.344 e. The Hall–Kier alpha value is -3.36. The fourth-order valence-electron chi connectivity index (χ4n) is 4.29. The summed E-state index contributed by atoms with van der Waals surface area (Å²) in [5.74, 6) is -0.00753. The number of likely N-dealkylation sites (tertiary alicyclic amines) is 1. The van der Waals surface area contributed by atoms with Crippen molar-refractivity contribution in [3.8, 4) is 0 Å². The Morgan fingerprint density at radius 2 is 1.84 bits per heavy atom. The molecule has 1 aromatic carbocycles. The van der Waals surface area contributed by atoms with E-state index < -0.39 is 6.04 Å². The van der Waals surface area contributed by atoms with Crippen molar-refractivity contribution < 1.29 is 18.8 Å². The molecule has 2 atom stereocenters. The summed E-state index contributed by atoms with van der Waals surface area (Å²) < 4.78 is 13.0. The van der Waals surface area contributed by atoms with Crippen molar-refractivity contribution in [2.45, 2.75) is 51.5 Å². The molecule has 1 aromatic heterocycles. The highest BCUT2D eigenvalue weighted by Crippen LogP contribution is 2.27. The molecule has 3 heterocycles. The molecule has 2 aromatic rings. The lowest BCUT2D eigenvalue weighted by atomic mass is 10.0. The first-order chi connectivity index (χ1) is 15.3. The first kappa shape index (κ1) is 21.9. The van der Waals surface area contributed by atoms with Crippen LogP contribution in [0.15, 0.2) is 24.3 Å². The third kappa shape index (κ3) is 4.76. The van der Waals surface area contributed by atoms with Gasteiger partial charge >= 0.3 is 0 Å². The normalized spacial score (nSPS) is 20.3. The van der Waals surface area contributed by atoms with Crippen LogP contribution in [0.4, 0.5) is 10.1 Å². The predicted molar refractivity (Wildman–Crippen MR) is 115 cm³/mol. The molecule has 0 aliphatic carbocycles. The Kier molecular flexibility index (Phi) is 6.16. The number of aromatic nitrogens is 2. The zero-order chi connectivity index (χ0) is 22.8. The summed E-state index contributed by atoms with van der Waals surface area (Å²) in [5, 5.41) is 5.49. The van der Waals surface area contributed by atoms with Crippen molar-refractivity contribution in [1.82, 2.24) is 20.2 Å². The second-order valence-electron chi connectivity index (χ2n) is 8.39. The zero-order valence-electron chi connectivity index (χ0n) is 18.2. The average Bonchev–Trinajstić information content (AvgIpc) is 3.41. The monoisotopic (exact) mass is 439 g/mol. The molecule has 2 aliphatic rings. The second kappa shape index (κ2) is 9.02. The van der Waals surface area contributed by atoms with Crippen molar-refractivity contribution >= 4 is 23.4 Å². The lowest BCUT2D eigenvalue weighted by molar-refractivity contribution is -0.133. The maximum absolute atomic E-state index is 13.0. The first-order valence-electron chi connectivity index (χ1n) is 10.8. The van der Waals surface area contributed by atoms with Crippen LogP contribution in [0.5, 0.6) is 0 Å². The van der Waals surface area contributed by atoms with Crippen molar-refractivity contribution in [3.05, 3.63) is 52.9 Å². The van der Waals surface area contributed by atoms with Crippen LogP contribution in [-0.4, -0.2) is 51.7 Å². The lowest BCUT2D eigenvalue weighted by Crippen LogP contribution is -2.43. The standard InChI is InChI=1S/C23H26FN5O3/c1-13-18(11-21(31)27-17-5-3-16(24)4-6-17)14(2)26-22(25-13)15-9-10-29(12-15)23(32)19-7-8-20(30)28-19/h3-6,15,19H,7-12H2,1-2H3,(H,27,31)(H,28,30)/t15-,19+/m1/s1. The van der Waals surface area contributed by atoms with Crippen LogP contribution in [0, 0.1) is 19.7 Å². The van der Waals surface area contributed by atoms with Gasteiger partial charge in [0.05, 0.1) is 6.42 Å². The maximum atomic E-state index is 13.0. The van der Waals surface area contributed by atoms with Gasteiger partial charge < -0.3 is 15.5 Å². The van der Waals surface area contributed by atoms with Gasteiger partial charge in [0.2, 0.25) is 17.7 Å². The van der Waals surface area contributed by atoms with Crippen molar-refractivity contribution in [3.63, 3.8) is 0 Å². The third-order valence-electron chi connectivity index (χ3n) is 6.06. The fraction of sp³-hybridized carbons (Fsp3) is 0.435. The van der Waals surface area contributed by atoms with Crippen molar-refractivity contribution in [2.75, 3.05) is 18.4 Å². The van der Waals surface area contributed by atoms with Crippen molar-refractivity contribution in [1.29, 1.82) is 0 Å². The molecular weight excluding hydrogens is 413 g/mol. The van der Waals surface area contributed by atoms with Gasteiger partial charge in [0, 0.05) is 48.1 Å². The zero-order valence-corrected chi connectivity index (χ0v) is 18.2. The van der Waals surface area contributed by atoms with E-state index in [1.807, 2.05) is 13.8 Å². The Balaban J connectivity index is 1.40. The second-order valence-corrected chi connectivity index (χ2v) is 8.39. The van der Waals surface area contributed by atoms with Crippen LogP contribution in [0.1, 0.15) is 48.0 Å². The van der Waals surface area contributed by atoms with Gasteiger partial charge in [-0.25, -0.2) is 14.4 Å². The molecule has 2 saturated heterocycles. The first-order valence-corrected chi connectivity index (χ1v) is 10.8. The van der Waals surface area contributed by atoms with Gasteiger partial charge in [-0.15, -0.1) is 0 Å². The molecule has 8 nitrogen and oxygen atoms in total. The van der Waals surface area contributed by atoms with E-state index in [1.165, 1.54) is 24.3 Å². The SMILES string of the molecule is Cc1nc([C@@H]2CCN(C(=O)[C@@H]3CCC(=O)N3)C2)nc(C)c1CC(=O)Nc1ccc(F)cc1. The highest BCUT2D eigenvalue weighted by atomic mass is 19.1. The number of rotatable bonds is 5. The summed E-state index contributed by atoms with van der Waals surface area (Å²) in [5.41, 5.74) is 2.75. The molecular formula is C23H26FN5O3. The number of hydrogen-bond donors (Lipinski definition) is 2. The quantitative estimate of drug-likeness (QED) is 0.742. The molecule has 2 fully saturated rings. The van der Waals surface area contributed by atoms with E-state index in [4.69, 9.17) is 0 Å². The van der Waals surface area contributed by atoms with Gasteiger partial charge in [-0.05, 0) is 51.0 Å². The summed E-state index contributed by atoms with van der Waals surface area (Å²) in [4.78, 5) is 47.6. The number of carbonyl (C=O) groups is 3. The van der Waals surface area contributed by atoms with Gasteiger partial charge in [-0.1, -0.05) is 0 Å². The molecule has 3 amide bonds. The van der Waals surface area contributed by atoms with E-state index in [2.05, 4.69) is 20.6 Å². The van der Waals surface area contributed by atoms with Gasteiger partial charge in [0.1, 0.15) is 17.7 Å². The van der Waals surface area contributed by atoms with Crippen LogP contribution < -0.4 is 10.6 Å². The molecule has 168 valence electrons. The number of aryl methyl sites for hydroxylation is 2. The summed E-state index contributed by atoms with van der Waals surface area (Å²) in [6.45, 7) is 4.84. The van der Waals surface area contributed by atoms with E-state index >= 15 is 0 Å². The molecule has 0 bridgehead atoms. The molecule has 2 N–H and O–H groups in total. The van der Waals surface area contributed by atoms with Crippen LogP contribution in [0.3, 0.4) is 0 Å². The van der Waals surface area contributed by atoms with Gasteiger partial charge in [0.15, 0.2) is 0 Å². The number of nitrogens with zero attached hydrogens (tertiary/aromatic N) is 3. The summed E-state index contributed by atoms with van der Waals surface area (Å²) in [7, 11) is 0. The minimum absolute atomic E-state index is 0.0237. The summed E-state index contributed by atoms with van der Waals surface area (Å²) in [6.07, 6.45) is 1.81. The highest BCUT2D eigenvalue weighted by Gasteiger charge is 2.36. The Morgan fingerprint density at radius 1 is 1.16 bits per heavy atom. The Morgan fingerprint density at radius 3 is 2.47 bits per heavy atom. The number of nitrogens with one attached hydrogen (secondary N) is 2. The summed E-state index contributed by atoms with van der Waals surface area (Å²) in [6, 6.07) is 5.18. The maximum Gasteiger partial charge on any atom is 0.245 e. The van der Waals surface area contributed by atoms with E-state index in [1.54, 1.807) is 4.90 Å². The van der Waals surface area contributed by atoms with Crippen LogP contribution in [0.25, 0.3) is 0 Å². The van der Waals surface area contributed by atoms with Crippen LogP contribution >= 0.6 is 0 Å². The largest absolute Gasteiger partial charge is 0.344 e. The van der Waals surface area contributed by atoms with Crippen molar-refractivity contribution in [2.24, 2.45) is 0 Å². The number of amides is 3. The van der Waals surface area contributed by atoms with Crippen LogP contribution in [-0.2, 0) is 20.8 Å². The Bertz CT molecular complexity index is 1030. The van der Waals surface area contributed by atoms with E-state index in [9.17, 15) is 18.8 Å². The topological polar surface area (TPSA) is 104 Å². The van der Waals surface area contributed by atoms with E-state index in [0.29, 0.717) is 37.4 Å². The molecule has 9 heteroatoms. The number of halogens is 1. The third-order valence-corrected chi connectivity index (χ3v) is 6.06. The molecule has 2 aliphatic heterocycles. The number of carbonyl (C=O) groups excluding carboxylic acids is 3. The highest BCUT2D eigenvalue weighted by molar-refractivity contribution is 5.92. The van der Waals surface area contributed by atoms with Gasteiger partial charge in [-0.3, -0.25) is 14.4 Å². The minimum atomic E-state index is -0.423. The number of hydrogen-bond acceptors (Lipinski definition) is 5. The van der Waals surface area contributed by atoms with Gasteiger partial charge in [-0.2, -0.15) is 0 Å². The molecule has 0 unspecified atom stereocenters. The molecule has 32 heavy (non-hydrogen) atoms. The molecule has 0 saturated carbocycles. The smallest absolute Gasteiger partial charge is 0.245 e. The fourth-order valence-corrected chi connectivity index (χ4v) is 4.29. The average molecular weight is 439 g/mol. The molecule has 0 spiro atoms. The summed E-state index contributed by atoms with van der Waals surface area (Å²) >= 11 is 0. The molecule has 0 radical (unpaired) electrons. The van der Waals surface area contributed by atoms with E-state index in [-0.39, 0.29) is 35.9 Å². The van der Waals surface area contributed by atoms with Gasteiger partial charge in [0.25, 0.3) is 0 Å². The number of anilines is 1. The molecule has 4 rings (SSSR count). The number of benzene rings is 1. The van der Waals surface area contributed by atoms with E-state index in [0.717, 1.165) is 23.4 Å². The lowest BCUT2D eigenvalue weighted by Gasteiger charge is -2.20. The Labute approximate surface area is 185 Å². The predicted octanol–water partition coefficient (Wildman–Crippen LogP) is 2.01. The van der Waals surface area contributed by atoms with Crippen LogP contribution in [0.2, 0.25) is 0 Å².